The van der Waals surface area contributed by atoms with Gasteiger partial charge in [0, 0.05) is 12.4 Å². The molecule has 128 valence electrons. The van der Waals surface area contributed by atoms with E-state index in [1.54, 1.807) is 6.20 Å². The molecule has 5 heteroatoms. The Kier molecular flexibility index (Phi) is 9.01. The van der Waals surface area contributed by atoms with Crippen LogP contribution in [0, 0.1) is 0 Å². The van der Waals surface area contributed by atoms with E-state index >= 15 is 0 Å². The van der Waals surface area contributed by atoms with E-state index in [4.69, 9.17) is 0 Å². The molecule has 0 fully saturated rings. The molecule has 0 saturated carbocycles. The number of rotatable bonds is 1. The molecule has 0 unspecified atom stereocenters. The average Bonchev–Trinajstić information content (AvgIpc) is 3.33. The summed E-state index contributed by atoms with van der Waals surface area (Å²) in [5.74, 6) is 0. The zero-order chi connectivity index (χ0) is 15.5. The molecule has 0 amide bonds. The van der Waals surface area contributed by atoms with Crippen molar-refractivity contribution in [3.8, 4) is 5.69 Å². The predicted molar refractivity (Wildman–Crippen MR) is 96.2 cm³/mol. The third-order valence-electron chi connectivity index (χ3n) is 3.92. The van der Waals surface area contributed by atoms with E-state index in [1.165, 1.54) is 21.5 Å². The molecular formula is C21H16Cl2N2Zr. The third-order valence-corrected chi connectivity index (χ3v) is 3.92. The molecule has 0 saturated heterocycles. The molecule has 1 aromatic heterocycles. The van der Waals surface area contributed by atoms with Gasteiger partial charge >= 0.3 is 26.2 Å². The van der Waals surface area contributed by atoms with Gasteiger partial charge in [0.25, 0.3) is 0 Å². The van der Waals surface area contributed by atoms with Gasteiger partial charge < -0.3 is 24.8 Å². The molecule has 1 heterocycles. The normalized spacial score (nSPS) is 9.38. The van der Waals surface area contributed by atoms with Crippen molar-refractivity contribution in [3.05, 3.63) is 97.3 Å². The van der Waals surface area contributed by atoms with Gasteiger partial charge in [-0.05, 0) is 11.8 Å². The zero-order valence-electron chi connectivity index (χ0n) is 13.9. The van der Waals surface area contributed by atoms with Crippen molar-refractivity contribution in [2.45, 2.75) is 0 Å². The average molecular weight is 459 g/mol. The number of hydrogen-bond donors (Lipinski definition) is 0. The summed E-state index contributed by atoms with van der Waals surface area (Å²) in [5, 5.41) is 9.38. The van der Waals surface area contributed by atoms with Crippen LogP contribution in [0.5, 0.6) is 0 Å². The zero-order valence-corrected chi connectivity index (χ0v) is 17.9. The van der Waals surface area contributed by atoms with Gasteiger partial charge in [-0.2, -0.15) is 22.6 Å². The molecule has 4 aromatic carbocycles. The SMILES string of the molecule is [Cl-].[Cl-].[Zr+4].c1ccc2[cH-]c(-n3cccn3)cc2c1.c1ccc2[cH-]ccc2c1. The van der Waals surface area contributed by atoms with Crippen LogP contribution in [0.15, 0.2) is 97.3 Å². The summed E-state index contributed by atoms with van der Waals surface area (Å²) in [7, 11) is 0. The van der Waals surface area contributed by atoms with Crippen molar-refractivity contribution < 1.29 is 51.0 Å². The van der Waals surface area contributed by atoms with Gasteiger partial charge in [0.1, 0.15) is 0 Å². The van der Waals surface area contributed by atoms with Gasteiger partial charge in [-0.3, -0.25) is 4.68 Å². The molecule has 0 aliphatic carbocycles. The Bertz CT molecular complexity index is 969. The van der Waals surface area contributed by atoms with Crippen molar-refractivity contribution in [2.24, 2.45) is 0 Å². The monoisotopic (exact) mass is 456 g/mol. The Hall–Kier alpha value is -1.67. The molecule has 26 heavy (non-hydrogen) atoms. The summed E-state index contributed by atoms with van der Waals surface area (Å²) in [5.41, 5.74) is 1.12. The minimum Gasteiger partial charge on any atom is -1.00 e. The van der Waals surface area contributed by atoms with Crippen LogP contribution < -0.4 is 24.8 Å². The number of hydrogen-bond acceptors (Lipinski definition) is 1. The predicted octanol–water partition coefficient (Wildman–Crippen LogP) is -0.691. The Morgan fingerprint density at radius 2 is 1.46 bits per heavy atom. The molecule has 0 N–H and O–H groups in total. The van der Waals surface area contributed by atoms with E-state index in [1.807, 2.05) is 16.9 Å². The van der Waals surface area contributed by atoms with Gasteiger partial charge in [0.15, 0.2) is 0 Å². The fraction of sp³-hybridized carbons (Fsp3) is 0. The summed E-state index contributed by atoms with van der Waals surface area (Å²) in [4.78, 5) is 0. The molecule has 0 radical (unpaired) electrons. The molecular weight excluding hydrogens is 442 g/mol. The number of fused-ring (bicyclic) bond motifs is 2. The third kappa shape index (κ3) is 4.95. The molecule has 5 aromatic rings. The summed E-state index contributed by atoms with van der Waals surface area (Å²) >= 11 is 0. The minimum absolute atomic E-state index is 0. The first kappa shape index (κ1) is 22.4. The van der Waals surface area contributed by atoms with Crippen molar-refractivity contribution >= 4 is 21.5 Å². The second kappa shape index (κ2) is 10.5. The second-order valence-corrected chi connectivity index (χ2v) is 5.45. The largest absolute Gasteiger partial charge is 4.00 e. The van der Waals surface area contributed by atoms with E-state index in [9.17, 15) is 0 Å². The van der Waals surface area contributed by atoms with Crippen molar-refractivity contribution in [3.63, 3.8) is 0 Å². The quantitative estimate of drug-likeness (QED) is 0.304. The molecule has 0 spiro atoms. The first-order chi connectivity index (χ1) is 11.4. The van der Waals surface area contributed by atoms with Crippen LogP contribution >= 0.6 is 0 Å². The Labute approximate surface area is 184 Å². The second-order valence-electron chi connectivity index (χ2n) is 5.45. The Morgan fingerprint density at radius 1 is 0.769 bits per heavy atom. The van der Waals surface area contributed by atoms with Crippen molar-refractivity contribution in [1.29, 1.82) is 0 Å². The van der Waals surface area contributed by atoms with Gasteiger partial charge in [0.2, 0.25) is 0 Å². The molecule has 0 atom stereocenters. The molecule has 0 bridgehead atoms. The van der Waals surface area contributed by atoms with Crippen molar-refractivity contribution in [2.75, 3.05) is 0 Å². The van der Waals surface area contributed by atoms with E-state index in [-0.39, 0.29) is 51.0 Å². The maximum Gasteiger partial charge on any atom is 4.00 e. The Morgan fingerprint density at radius 3 is 2.12 bits per heavy atom. The molecule has 0 aliphatic rings. The van der Waals surface area contributed by atoms with Crippen LogP contribution in [0.1, 0.15) is 0 Å². The molecule has 5 rings (SSSR count). The number of benzene rings is 2. The van der Waals surface area contributed by atoms with E-state index in [0.717, 1.165) is 5.69 Å². The maximum atomic E-state index is 4.20. The first-order valence-corrected chi connectivity index (χ1v) is 7.66. The Balaban J connectivity index is 0.000000250. The fourth-order valence-corrected chi connectivity index (χ4v) is 2.76. The van der Waals surface area contributed by atoms with Gasteiger partial charge in [-0.25, -0.2) is 0 Å². The van der Waals surface area contributed by atoms with Gasteiger partial charge in [0.05, 0.1) is 0 Å². The molecule has 0 aliphatic heterocycles. The van der Waals surface area contributed by atoms with Crippen LogP contribution in [-0.2, 0) is 26.2 Å². The first-order valence-electron chi connectivity index (χ1n) is 7.66. The standard InChI is InChI=1S/C12H9N2.C9H7.2ClH.Zr/c1-2-5-11-9-12(8-10(11)4-1)14-7-3-6-13-14;1-2-5-9-7-3-6-8(9)4-1;;;/h1-9H;1-7H;2*1H;/q2*-1;;;+4/p-2. The van der Waals surface area contributed by atoms with Gasteiger partial charge in [-0.1, -0.05) is 12.1 Å². The minimum atomic E-state index is 0. The smallest absolute Gasteiger partial charge is 1.00 e. The summed E-state index contributed by atoms with van der Waals surface area (Å²) in [6.07, 6.45) is 3.74. The number of nitrogens with zero attached hydrogens (tertiary/aromatic N) is 2. The number of aromatic nitrogens is 2. The van der Waals surface area contributed by atoms with Crippen LogP contribution in [0.3, 0.4) is 0 Å². The van der Waals surface area contributed by atoms with Crippen molar-refractivity contribution in [1.82, 2.24) is 9.78 Å². The van der Waals surface area contributed by atoms with Gasteiger partial charge in [-0.15, -0.1) is 70.8 Å². The van der Waals surface area contributed by atoms with Crippen LogP contribution in [0.4, 0.5) is 0 Å². The summed E-state index contributed by atoms with van der Waals surface area (Å²) in [6, 6.07) is 29.2. The fourth-order valence-electron chi connectivity index (χ4n) is 2.76. The topological polar surface area (TPSA) is 17.8 Å². The van der Waals surface area contributed by atoms with E-state index in [2.05, 4.69) is 84.0 Å². The summed E-state index contributed by atoms with van der Waals surface area (Å²) < 4.78 is 1.88. The van der Waals surface area contributed by atoms with E-state index in [0.29, 0.717) is 0 Å². The van der Waals surface area contributed by atoms with Crippen LogP contribution in [0.2, 0.25) is 0 Å². The maximum absolute atomic E-state index is 4.20. The number of halogens is 2. The summed E-state index contributed by atoms with van der Waals surface area (Å²) in [6.45, 7) is 0. The van der Waals surface area contributed by atoms with Crippen LogP contribution in [0.25, 0.3) is 27.2 Å². The van der Waals surface area contributed by atoms with Crippen LogP contribution in [-0.4, -0.2) is 9.78 Å². The van der Waals surface area contributed by atoms with E-state index < -0.39 is 0 Å². The molecule has 2 nitrogen and oxygen atoms in total.